The standard InChI is InChI=1S/C13H17N3O5/c1-3-6-21-13(20)10(16-14)11(18)7(2)9-8(4-5-17)12(19)15-9/h3,7-9,17H,1,4-6H2,2H3,(H,15,19)/t7-,8+,9-/m1/s1. The van der Waals surface area contributed by atoms with Crippen LogP contribution >= 0.6 is 0 Å². The number of aliphatic hydroxyl groups excluding tert-OH is 1. The summed E-state index contributed by atoms with van der Waals surface area (Å²) in [5, 5.41) is 11.4. The number of hydrogen-bond donors (Lipinski definition) is 2. The highest BCUT2D eigenvalue weighted by molar-refractivity contribution is 6.62. The molecule has 0 aliphatic carbocycles. The first kappa shape index (κ1) is 16.7. The zero-order valence-electron chi connectivity index (χ0n) is 11.6. The molecule has 21 heavy (non-hydrogen) atoms. The van der Waals surface area contributed by atoms with E-state index >= 15 is 0 Å². The first-order valence-electron chi connectivity index (χ1n) is 6.43. The average Bonchev–Trinajstić information content (AvgIpc) is 2.47. The minimum Gasteiger partial charge on any atom is -0.453 e. The number of aliphatic hydroxyl groups is 1. The summed E-state index contributed by atoms with van der Waals surface area (Å²) in [6.07, 6.45) is 1.53. The van der Waals surface area contributed by atoms with Crippen molar-refractivity contribution in [3.05, 3.63) is 18.2 Å². The van der Waals surface area contributed by atoms with Crippen LogP contribution in [0.2, 0.25) is 0 Å². The number of ether oxygens (including phenoxy) is 1. The summed E-state index contributed by atoms with van der Waals surface area (Å²) in [4.78, 5) is 37.8. The summed E-state index contributed by atoms with van der Waals surface area (Å²) in [7, 11) is 0. The minimum atomic E-state index is -1.06. The Morgan fingerprint density at radius 2 is 2.29 bits per heavy atom. The van der Waals surface area contributed by atoms with Gasteiger partial charge in [0.05, 0.1) is 12.0 Å². The van der Waals surface area contributed by atoms with E-state index in [1.807, 2.05) is 0 Å². The van der Waals surface area contributed by atoms with Gasteiger partial charge in [0.15, 0.2) is 0 Å². The normalized spacial score (nSPS) is 21.3. The van der Waals surface area contributed by atoms with Crippen LogP contribution in [-0.2, 0) is 19.1 Å². The van der Waals surface area contributed by atoms with Crippen LogP contribution in [0.15, 0.2) is 12.7 Å². The van der Waals surface area contributed by atoms with Gasteiger partial charge < -0.3 is 20.7 Å². The number of Topliss-reactive ketones (excluding diaryl/α,β-unsaturated/α-hetero) is 1. The van der Waals surface area contributed by atoms with Crippen LogP contribution in [0.4, 0.5) is 0 Å². The number of rotatable bonds is 8. The number of ketones is 1. The van der Waals surface area contributed by atoms with E-state index in [0.29, 0.717) is 0 Å². The smallest absolute Gasteiger partial charge is 0.441 e. The third-order valence-electron chi connectivity index (χ3n) is 3.33. The number of carbonyl (C=O) groups is 3. The summed E-state index contributed by atoms with van der Waals surface area (Å²) >= 11 is 0. The van der Waals surface area contributed by atoms with Crippen LogP contribution in [0.1, 0.15) is 13.3 Å². The number of β-lactam (4-membered cyclic amide) rings is 1. The van der Waals surface area contributed by atoms with E-state index in [2.05, 4.69) is 21.4 Å². The van der Waals surface area contributed by atoms with Crippen LogP contribution in [0.25, 0.3) is 5.53 Å². The van der Waals surface area contributed by atoms with Gasteiger partial charge in [-0.1, -0.05) is 19.6 Å². The van der Waals surface area contributed by atoms with Gasteiger partial charge in [0.25, 0.3) is 5.78 Å². The van der Waals surface area contributed by atoms with Crippen LogP contribution in [-0.4, -0.2) is 52.5 Å². The van der Waals surface area contributed by atoms with E-state index in [1.54, 1.807) is 0 Å². The molecule has 0 unspecified atom stereocenters. The van der Waals surface area contributed by atoms with Gasteiger partial charge in [-0.25, -0.2) is 4.79 Å². The molecular weight excluding hydrogens is 278 g/mol. The number of nitrogens with zero attached hydrogens (tertiary/aromatic N) is 2. The molecule has 0 radical (unpaired) electrons. The number of hydrogen-bond acceptors (Lipinski definition) is 5. The molecule has 2 N–H and O–H groups in total. The molecule has 0 bridgehead atoms. The Hall–Kier alpha value is -2.31. The van der Waals surface area contributed by atoms with Gasteiger partial charge in [-0.3, -0.25) is 9.59 Å². The molecule has 0 spiro atoms. The highest BCUT2D eigenvalue weighted by atomic mass is 16.5. The van der Waals surface area contributed by atoms with Crippen molar-refractivity contribution in [2.75, 3.05) is 13.2 Å². The average molecular weight is 295 g/mol. The molecule has 8 nitrogen and oxygen atoms in total. The van der Waals surface area contributed by atoms with Crippen molar-refractivity contribution in [3.8, 4) is 0 Å². The molecule has 1 amide bonds. The van der Waals surface area contributed by atoms with Crippen LogP contribution in [0.5, 0.6) is 0 Å². The quantitative estimate of drug-likeness (QED) is 0.114. The summed E-state index contributed by atoms with van der Waals surface area (Å²) in [5.74, 6) is -3.33. The number of carbonyl (C=O) groups excluding carboxylic acids is 3. The fourth-order valence-electron chi connectivity index (χ4n) is 2.13. The second-order valence-electron chi connectivity index (χ2n) is 4.64. The third kappa shape index (κ3) is 3.62. The van der Waals surface area contributed by atoms with Gasteiger partial charge in [0, 0.05) is 12.5 Å². The Bertz CT molecular complexity index is 510. The van der Waals surface area contributed by atoms with Crippen LogP contribution < -0.4 is 5.32 Å². The second-order valence-corrected chi connectivity index (χ2v) is 4.64. The maximum atomic E-state index is 12.1. The second kappa shape index (κ2) is 7.47. The van der Waals surface area contributed by atoms with Crippen LogP contribution in [0, 0.1) is 11.8 Å². The van der Waals surface area contributed by atoms with Gasteiger partial charge in [0.1, 0.15) is 6.61 Å². The lowest BCUT2D eigenvalue weighted by molar-refractivity contribution is -0.143. The van der Waals surface area contributed by atoms with Gasteiger partial charge in [-0.05, 0) is 6.42 Å². The number of nitrogens with one attached hydrogen (secondary N) is 1. The van der Waals surface area contributed by atoms with Gasteiger partial charge in [-0.2, -0.15) is 4.79 Å². The minimum absolute atomic E-state index is 0.118. The molecule has 1 heterocycles. The van der Waals surface area contributed by atoms with E-state index < -0.39 is 35.3 Å². The summed E-state index contributed by atoms with van der Waals surface area (Å²) in [6, 6.07) is -0.513. The van der Waals surface area contributed by atoms with Crippen molar-refractivity contribution in [2.24, 2.45) is 11.8 Å². The first-order chi connectivity index (χ1) is 9.97. The van der Waals surface area contributed by atoms with Crippen molar-refractivity contribution in [1.82, 2.24) is 5.32 Å². The fourth-order valence-corrected chi connectivity index (χ4v) is 2.13. The number of amides is 1. The molecule has 1 saturated heterocycles. The topological polar surface area (TPSA) is 129 Å². The molecule has 1 aliphatic rings. The molecule has 1 rings (SSSR count). The van der Waals surface area contributed by atoms with Gasteiger partial charge in [-0.15, -0.1) is 0 Å². The van der Waals surface area contributed by atoms with Crippen LogP contribution in [0.3, 0.4) is 0 Å². The van der Waals surface area contributed by atoms with Crippen molar-refractivity contribution in [1.29, 1.82) is 0 Å². The molecule has 8 heteroatoms. The highest BCUT2D eigenvalue weighted by Crippen LogP contribution is 2.25. The molecule has 1 aliphatic heterocycles. The van der Waals surface area contributed by atoms with Crippen molar-refractivity contribution in [3.63, 3.8) is 0 Å². The Morgan fingerprint density at radius 3 is 2.76 bits per heavy atom. The molecule has 0 aromatic rings. The van der Waals surface area contributed by atoms with Crippen molar-refractivity contribution in [2.45, 2.75) is 19.4 Å². The van der Waals surface area contributed by atoms with E-state index in [4.69, 9.17) is 10.6 Å². The Balaban J connectivity index is 2.77. The summed E-state index contributed by atoms with van der Waals surface area (Å²) < 4.78 is 4.65. The lowest BCUT2D eigenvalue weighted by Gasteiger charge is -2.39. The Kier molecular flexibility index (Phi) is 5.95. The summed E-state index contributed by atoms with van der Waals surface area (Å²) in [6.45, 7) is 4.55. The maximum Gasteiger partial charge on any atom is 0.441 e. The SMILES string of the molecule is C=CCOC(=O)C(=[N+]=[N-])C(=O)[C@H](C)[C@H]1NC(=O)[C@H]1CCO. The van der Waals surface area contributed by atoms with Crippen molar-refractivity contribution < 1.29 is 29.0 Å². The predicted octanol–water partition coefficient (Wildman–Crippen LogP) is -0.911. The van der Waals surface area contributed by atoms with Gasteiger partial charge >= 0.3 is 11.7 Å². The predicted molar refractivity (Wildman–Crippen MR) is 71.1 cm³/mol. The van der Waals surface area contributed by atoms with E-state index in [1.165, 1.54) is 13.0 Å². The van der Waals surface area contributed by atoms with E-state index in [0.717, 1.165) is 0 Å². The summed E-state index contributed by atoms with van der Waals surface area (Å²) in [5.41, 5.74) is 8.09. The molecular formula is C13H17N3O5. The zero-order chi connectivity index (χ0) is 16.0. The molecule has 0 aromatic carbocycles. The fraction of sp³-hybridized carbons (Fsp3) is 0.538. The van der Waals surface area contributed by atoms with E-state index in [9.17, 15) is 14.4 Å². The first-order valence-corrected chi connectivity index (χ1v) is 6.43. The third-order valence-corrected chi connectivity index (χ3v) is 3.33. The Labute approximate surface area is 121 Å². The maximum absolute atomic E-state index is 12.1. The Morgan fingerprint density at radius 1 is 1.62 bits per heavy atom. The van der Waals surface area contributed by atoms with Gasteiger partial charge in [0.2, 0.25) is 5.91 Å². The molecule has 114 valence electrons. The van der Waals surface area contributed by atoms with Crippen molar-refractivity contribution >= 4 is 23.4 Å². The monoisotopic (exact) mass is 295 g/mol. The lowest BCUT2D eigenvalue weighted by atomic mass is 9.77. The number of esters is 1. The largest absolute Gasteiger partial charge is 0.453 e. The molecule has 0 saturated carbocycles. The lowest BCUT2D eigenvalue weighted by Crippen LogP contribution is -2.63. The van der Waals surface area contributed by atoms with E-state index in [-0.39, 0.29) is 25.5 Å². The molecule has 3 atom stereocenters. The highest BCUT2D eigenvalue weighted by Gasteiger charge is 2.47. The zero-order valence-corrected chi connectivity index (χ0v) is 11.6. The molecule has 0 aromatic heterocycles. The molecule has 1 fully saturated rings.